The highest BCUT2D eigenvalue weighted by atomic mass is 15.2. The molecule has 0 fully saturated rings. The molecule has 2 rings (SSSR count). The number of hydrazine groups is 1. The van der Waals surface area contributed by atoms with Crippen LogP contribution in [0.3, 0.4) is 0 Å². The van der Waals surface area contributed by atoms with Gasteiger partial charge in [0.15, 0.2) is 0 Å². The highest BCUT2D eigenvalue weighted by molar-refractivity contribution is 5.32. The van der Waals surface area contributed by atoms with Crippen LogP contribution in [-0.2, 0) is 6.42 Å². The molecule has 0 spiro atoms. The minimum atomic E-state index is 0.203. The van der Waals surface area contributed by atoms with Crippen LogP contribution in [0.15, 0.2) is 42.5 Å². The van der Waals surface area contributed by atoms with Crippen molar-refractivity contribution in [3.8, 4) is 0 Å². The number of nitrogens with two attached hydrogens (primary N) is 1. The van der Waals surface area contributed by atoms with Gasteiger partial charge in [-0.3, -0.25) is 11.3 Å². The lowest BCUT2D eigenvalue weighted by atomic mass is 9.95. The Hall–Kier alpha value is -1.64. The van der Waals surface area contributed by atoms with Gasteiger partial charge in [-0.05, 0) is 61.4 Å². The van der Waals surface area contributed by atoms with Crippen LogP contribution >= 0.6 is 0 Å². The number of benzene rings is 2. The molecule has 1 unspecified atom stereocenters. The predicted octanol–water partition coefficient (Wildman–Crippen LogP) is 3.75. The van der Waals surface area contributed by atoms with E-state index in [9.17, 15) is 0 Å². The van der Waals surface area contributed by atoms with Gasteiger partial charge in [-0.1, -0.05) is 42.5 Å². The minimum Gasteiger partial charge on any atom is -0.271 e. The van der Waals surface area contributed by atoms with E-state index in [2.05, 4.69) is 68.7 Å². The highest BCUT2D eigenvalue weighted by Crippen LogP contribution is 2.22. The van der Waals surface area contributed by atoms with Crippen molar-refractivity contribution >= 4 is 0 Å². The van der Waals surface area contributed by atoms with E-state index in [0.29, 0.717) is 0 Å². The molecule has 1 atom stereocenters. The third kappa shape index (κ3) is 3.47. The molecule has 2 aromatic rings. The van der Waals surface area contributed by atoms with Crippen molar-refractivity contribution in [3.63, 3.8) is 0 Å². The first-order valence-electron chi connectivity index (χ1n) is 7.19. The standard InChI is InChI=1S/C18H24N2/c1-13-8-9-17(12-15(13)3)18(20-19)11-10-16-7-5-4-6-14(16)2/h4-9,12,18,20H,10-11,19H2,1-3H3. The van der Waals surface area contributed by atoms with Crippen LogP contribution in [-0.4, -0.2) is 0 Å². The lowest BCUT2D eigenvalue weighted by Crippen LogP contribution is -2.28. The fourth-order valence-corrected chi connectivity index (χ4v) is 2.52. The van der Waals surface area contributed by atoms with Gasteiger partial charge < -0.3 is 0 Å². The second-order valence-electron chi connectivity index (χ2n) is 5.53. The molecule has 3 N–H and O–H groups in total. The molecule has 0 aliphatic heterocycles. The molecule has 20 heavy (non-hydrogen) atoms. The first kappa shape index (κ1) is 14.8. The first-order chi connectivity index (χ1) is 9.61. The van der Waals surface area contributed by atoms with Gasteiger partial charge in [-0.15, -0.1) is 0 Å². The average Bonchev–Trinajstić information content (AvgIpc) is 2.45. The van der Waals surface area contributed by atoms with Crippen LogP contribution in [0.4, 0.5) is 0 Å². The van der Waals surface area contributed by atoms with Gasteiger partial charge in [-0.25, -0.2) is 0 Å². The van der Waals surface area contributed by atoms with E-state index in [0.717, 1.165) is 12.8 Å². The van der Waals surface area contributed by atoms with E-state index >= 15 is 0 Å². The maximum Gasteiger partial charge on any atom is 0.0463 e. The summed E-state index contributed by atoms with van der Waals surface area (Å²) in [5.74, 6) is 5.75. The van der Waals surface area contributed by atoms with Crippen LogP contribution in [0.5, 0.6) is 0 Å². The van der Waals surface area contributed by atoms with Crippen LogP contribution in [0.2, 0.25) is 0 Å². The number of hydrogen-bond donors (Lipinski definition) is 2. The summed E-state index contributed by atoms with van der Waals surface area (Å²) in [6.45, 7) is 6.45. The number of rotatable bonds is 5. The summed E-state index contributed by atoms with van der Waals surface area (Å²) in [4.78, 5) is 0. The number of nitrogens with one attached hydrogen (secondary N) is 1. The SMILES string of the molecule is Cc1ccc(C(CCc2ccccc2C)NN)cc1C. The first-order valence-corrected chi connectivity index (χ1v) is 7.19. The smallest absolute Gasteiger partial charge is 0.0463 e. The summed E-state index contributed by atoms with van der Waals surface area (Å²) in [6, 6.07) is 15.3. The second-order valence-corrected chi connectivity index (χ2v) is 5.53. The van der Waals surface area contributed by atoms with E-state index in [1.54, 1.807) is 0 Å². The molecule has 2 nitrogen and oxygen atoms in total. The zero-order chi connectivity index (χ0) is 14.5. The quantitative estimate of drug-likeness (QED) is 0.640. The van der Waals surface area contributed by atoms with Crippen LogP contribution in [0.25, 0.3) is 0 Å². The molecule has 2 heteroatoms. The van der Waals surface area contributed by atoms with Crippen LogP contribution in [0.1, 0.15) is 40.3 Å². The van der Waals surface area contributed by atoms with Crippen molar-refractivity contribution in [2.45, 2.75) is 39.7 Å². The van der Waals surface area contributed by atoms with Crippen molar-refractivity contribution < 1.29 is 0 Å². The molecule has 0 saturated carbocycles. The molecule has 0 heterocycles. The number of aryl methyl sites for hydroxylation is 4. The van der Waals surface area contributed by atoms with Crippen molar-refractivity contribution in [2.75, 3.05) is 0 Å². The molecule has 2 aromatic carbocycles. The van der Waals surface area contributed by atoms with Gasteiger partial charge >= 0.3 is 0 Å². The molecule has 0 bridgehead atoms. The van der Waals surface area contributed by atoms with E-state index in [1.807, 2.05) is 0 Å². The van der Waals surface area contributed by atoms with E-state index in [4.69, 9.17) is 5.84 Å². The minimum absolute atomic E-state index is 0.203. The maximum absolute atomic E-state index is 5.75. The topological polar surface area (TPSA) is 38.0 Å². The molecule has 0 radical (unpaired) electrons. The largest absolute Gasteiger partial charge is 0.271 e. The third-order valence-electron chi connectivity index (χ3n) is 4.10. The second kappa shape index (κ2) is 6.69. The van der Waals surface area contributed by atoms with Crippen molar-refractivity contribution in [1.82, 2.24) is 5.43 Å². The molecule has 0 aliphatic rings. The zero-order valence-corrected chi connectivity index (χ0v) is 12.6. The molecular formula is C18H24N2. The summed E-state index contributed by atoms with van der Waals surface area (Å²) in [7, 11) is 0. The van der Waals surface area contributed by atoms with Gasteiger partial charge in [0.2, 0.25) is 0 Å². The van der Waals surface area contributed by atoms with Crippen LogP contribution < -0.4 is 11.3 Å². The molecule has 0 aromatic heterocycles. The van der Waals surface area contributed by atoms with E-state index in [1.165, 1.54) is 27.8 Å². The zero-order valence-electron chi connectivity index (χ0n) is 12.6. The lowest BCUT2D eigenvalue weighted by molar-refractivity contribution is 0.515. The maximum atomic E-state index is 5.75. The van der Waals surface area contributed by atoms with Gasteiger partial charge in [-0.2, -0.15) is 0 Å². The molecule has 0 amide bonds. The van der Waals surface area contributed by atoms with E-state index in [-0.39, 0.29) is 6.04 Å². The van der Waals surface area contributed by atoms with Crippen molar-refractivity contribution in [2.24, 2.45) is 5.84 Å². The fraction of sp³-hybridized carbons (Fsp3) is 0.333. The third-order valence-corrected chi connectivity index (χ3v) is 4.10. The average molecular weight is 268 g/mol. The van der Waals surface area contributed by atoms with Crippen LogP contribution in [0, 0.1) is 20.8 Å². The summed E-state index contributed by atoms with van der Waals surface area (Å²) >= 11 is 0. The Morgan fingerprint density at radius 2 is 1.70 bits per heavy atom. The fourth-order valence-electron chi connectivity index (χ4n) is 2.52. The molecule has 106 valence electrons. The predicted molar refractivity (Wildman–Crippen MR) is 85.5 cm³/mol. The lowest BCUT2D eigenvalue weighted by Gasteiger charge is -2.18. The molecule has 0 saturated heterocycles. The summed E-state index contributed by atoms with van der Waals surface area (Å²) in [5.41, 5.74) is 9.61. The van der Waals surface area contributed by atoms with Gasteiger partial charge in [0, 0.05) is 6.04 Å². The Morgan fingerprint density at radius 1 is 0.950 bits per heavy atom. The Labute approximate surface area is 122 Å². The van der Waals surface area contributed by atoms with Crippen molar-refractivity contribution in [3.05, 3.63) is 70.3 Å². The number of hydrogen-bond acceptors (Lipinski definition) is 2. The highest BCUT2D eigenvalue weighted by Gasteiger charge is 2.11. The Bertz CT molecular complexity index is 575. The molecule has 0 aliphatic carbocycles. The van der Waals surface area contributed by atoms with Gasteiger partial charge in [0.05, 0.1) is 0 Å². The summed E-state index contributed by atoms with van der Waals surface area (Å²) in [5, 5.41) is 0. The summed E-state index contributed by atoms with van der Waals surface area (Å²) in [6.07, 6.45) is 2.04. The Morgan fingerprint density at radius 3 is 2.35 bits per heavy atom. The normalized spacial score (nSPS) is 12.4. The monoisotopic (exact) mass is 268 g/mol. The van der Waals surface area contributed by atoms with Gasteiger partial charge in [0.1, 0.15) is 0 Å². The Balaban J connectivity index is 2.09. The van der Waals surface area contributed by atoms with Crippen molar-refractivity contribution in [1.29, 1.82) is 0 Å². The van der Waals surface area contributed by atoms with Gasteiger partial charge in [0.25, 0.3) is 0 Å². The summed E-state index contributed by atoms with van der Waals surface area (Å²) < 4.78 is 0. The van der Waals surface area contributed by atoms with E-state index < -0.39 is 0 Å². The Kier molecular flexibility index (Phi) is 4.94. The molecular weight excluding hydrogens is 244 g/mol.